The van der Waals surface area contributed by atoms with Crippen LogP contribution in [0.1, 0.15) is 75.9 Å². The molecule has 2 aliphatic rings. The first-order chi connectivity index (χ1) is 21.2. The highest BCUT2D eigenvalue weighted by molar-refractivity contribution is 6.03. The van der Waals surface area contributed by atoms with Crippen molar-refractivity contribution in [2.45, 2.75) is 71.3 Å². The standard InChI is InChI=1S/C34H50N6O5/c1-33(2,31(42)37-23-18-29(39(7)22-23)34(3,4)32(43)35-14-11-15-38(5)6)13-10-17-45-28-20-26-25(19-27(28)44-8)30(41)40-16-9-12-24(40)21-36-26/h18-22,24H,9-17H2,1-8H3,(H,35,43)(H,37,42). The molecule has 1 aromatic carbocycles. The minimum Gasteiger partial charge on any atom is -0.493 e. The van der Waals surface area contributed by atoms with Gasteiger partial charge in [-0.2, -0.15) is 0 Å². The zero-order valence-corrected chi connectivity index (χ0v) is 28.2. The van der Waals surface area contributed by atoms with Gasteiger partial charge in [-0.25, -0.2) is 0 Å². The summed E-state index contributed by atoms with van der Waals surface area (Å²) in [4.78, 5) is 48.0. The Morgan fingerprint density at radius 3 is 2.56 bits per heavy atom. The van der Waals surface area contributed by atoms with Crippen molar-refractivity contribution < 1.29 is 23.9 Å². The summed E-state index contributed by atoms with van der Waals surface area (Å²) in [5.74, 6) is 0.811. The molecule has 0 aliphatic carbocycles. The molecule has 1 saturated heterocycles. The Hall–Kier alpha value is -3.86. The summed E-state index contributed by atoms with van der Waals surface area (Å²) in [6, 6.07) is 5.39. The number of hydrogen-bond acceptors (Lipinski definition) is 7. The summed E-state index contributed by atoms with van der Waals surface area (Å²) in [6.07, 6.45) is 7.68. The number of carbonyl (C=O) groups is 3. The van der Waals surface area contributed by atoms with Gasteiger partial charge in [-0.3, -0.25) is 19.4 Å². The van der Waals surface area contributed by atoms with Gasteiger partial charge in [-0.15, -0.1) is 0 Å². The minimum absolute atomic E-state index is 0.0319. The Bertz CT molecular complexity index is 1430. The van der Waals surface area contributed by atoms with Crippen LogP contribution in [0.4, 0.5) is 11.4 Å². The van der Waals surface area contributed by atoms with E-state index in [4.69, 9.17) is 9.47 Å². The molecule has 4 rings (SSSR count). The van der Waals surface area contributed by atoms with Crippen LogP contribution in [0.5, 0.6) is 11.5 Å². The fraction of sp³-hybridized carbons (Fsp3) is 0.588. The van der Waals surface area contributed by atoms with Crippen LogP contribution in [0.15, 0.2) is 29.4 Å². The first kappa shape index (κ1) is 34.0. The molecular formula is C34H50N6O5. The van der Waals surface area contributed by atoms with Crippen LogP contribution in [-0.4, -0.2) is 91.8 Å². The highest BCUT2D eigenvalue weighted by atomic mass is 16.5. The third-order valence-corrected chi connectivity index (χ3v) is 8.82. The Morgan fingerprint density at radius 2 is 1.84 bits per heavy atom. The van der Waals surface area contributed by atoms with Crippen molar-refractivity contribution >= 4 is 35.3 Å². The molecule has 3 heterocycles. The zero-order valence-electron chi connectivity index (χ0n) is 28.2. The summed E-state index contributed by atoms with van der Waals surface area (Å²) < 4.78 is 13.5. The average molecular weight is 623 g/mol. The van der Waals surface area contributed by atoms with E-state index in [0.29, 0.717) is 54.4 Å². The van der Waals surface area contributed by atoms with Crippen LogP contribution in [-0.2, 0) is 22.1 Å². The van der Waals surface area contributed by atoms with Crippen molar-refractivity contribution in [2.75, 3.05) is 52.8 Å². The van der Waals surface area contributed by atoms with Crippen molar-refractivity contribution in [3.05, 3.63) is 35.7 Å². The Labute approximate surface area is 267 Å². The number of aliphatic imine (C=N–C) groups is 1. The third kappa shape index (κ3) is 7.87. The number of amides is 3. The number of benzene rings is 1. The number of carbonyl (C=O) groups excluding carboxylic acids is 3. The monoisotopic (exact) mass is 622 g/mol. The number of aryl methyl sites for hydroxylation is 1. The SMILES string of the molecule is COc1cc2c(cc1OCCCC(C)(C)C(=O)Nc1cc(C(C)(C)C(=O)NCCCN(C)C)n(C)c1)N=CC1CCCN1C2=O. The van der Waals surface area contributed by atoms with E-state index in [-0.39, 0.29) is 23.8 Å². The molecule has 3 amide bonds. The third-order valence-electron chi connectivity index (χ3n) is 8.82. The predicted octanol–water partition coefficient (Wildman–Crippen LogP) is 4.52. The van der Waals surface area contributed by atoms with E-state index in [1.807, 2.05) is 76.8 Å². The molecule has 1 unspecified atom stereocenters. The van der Waals surface area contributed by atoms with Crippen LogP contribution in [0, 0.1) is 5.41 Å². The lowest BCUT2D eigenvalue weighted by Crippen LogP contribution is -2.42. The number of nitrogens with one attached hydrogen (secondary N) is 2. The smallest absolute Gasteiger partial charge is 0.256 e. The highest BCUT2D eigenvalue weighted by Crippen LogP contribution is 2.38. The van der Waals surface area contributed by atoms with Gasteiger partial charge in [0.2, 0.25) is 11.8 Å². The lowest BCUT2D eigenvalue weighted by atomic mass is 9.86. The van der Waals surface area contributed by atoms with E-state index in [1.54, 1.807) is 19.2 Å². The molecule has 0 spiro atoms. The molecule has 1 fully saturated rings. The van der Waals surface area contributed by atoms with E-state index >= 15 is 0 Å². The van der Waals surface area contributed by atoms with Crippen LogP contribution < -0.4 is 20.1 Å². The lowest BCUT2D eigenvalue weighted by molar-refractivity contribution is -0.126. The molecule has 1 atom stereocenters. The molecule has 1 aromatic heterocycles. The van der Waals surface area contributed by atoms with Crippen molar-refractivity contribution in [3.8, 4) is 11.5 Å². The van der Waals surface area contributed by atoms with Crippen LogP contribution >= 0.6 is 0 Å². The van der Waals surface area contributed by atoms with Gasteiger partial charge in [0.15, 0.2) is 11.5 Å². The number of anilines is 1. The summed E-state index contributed by atoms with van der Waals surface area (Å²) in [5.41, 5.74) is 1.13. The number of methoxy groups -OCH3 is 1. The van der Waals surface area contributed by atoms with Gasteiger partial charge in [0.1, 0.15) is 0 Å². The molecule has 0 saturated carbocycles. The average Bonchev–Trinajstić information content (AvgIpc) is 3.59. The predicted molar refractivity (Wildman–Crippen MR) is 177 cm³/mol. The molecule has 246 valence electrons. The summed E-state index contributed by atoms with van der Waals surface area (Å²) >= 11 is 0. The van der Waals surface area contributed by atoms with E-state index in [2.05, 4.69) is 20.5 Å². The van der Waals surface area contributed by atoms with Gasteiger partial charge in [0, 0.05) is 49.7 Å². The highest BCUT2D eigenvalue weighted by Gasteiger charge is 2.34. The number of aromatic nitrogens is 1. The quantitative estimate of drug-likeness (QED) is 0.299. The van der Waals surface area contributed by atoms with Crippen LogP contribution in [0.2, 0.25) is 0 Å². The maximum atomic E-state index is 13.3. The Morgan fingerprint density at radius 1 is 1.09 bits per heavy atom. The second-order valence-electron chi connectivity index (χ2n) is 13.6. The molecule has 2 aliphatic heterocycles. The molecule has 2 aromatic rings. The van der Waals surface area contributed by atoms with Gasteiger partial charge in [0.05, 0.1) is 42.1 Å². The van der Waals surface area contributed by atoms with Crippen LogP contribution in [0.25, 0.3) is 0 Å². The van der Waals surface area contributed by atoms with Crippen LogP contribution in [0.3, 0.4) is 0 Å². The second kappa shape index (κ2) is 14.1. The van der Waals surface area contributed by atoms with Gasteiger partial charge < -0.3 is 34.5 Å². The van der Waals surface area contributed by atoms with Crippen molar-refractivity contribution in [3.63, 3.8) is 0 Å². The Kier molecular flexibility index (Phi) is 10.6. The maximum Gasteiger partial charge on any atom is 0.256 e. The fourth-order valence-corrected chi connectivity index (χ4v) is 5.92. The van der Waals surface area contributed by atoms with Crippen molar-refractivity contribution in [1.82, 2.24) is 19.7 Å². The van der Waals surface area contributed by atoms with Gasteiger partial charge >= 0.3 is 0 Å². The number of nitrogens with zero attached hydrogens (tertiary/aromatic N) is 4. The maximum absolute atomic E-state index is 13.3. The largest absolute Gasteiger partial charge is 0.493 e. The van der Waals surface area contributed by atoms with Gasteiger partial charge in [-0.1, -0.05) is 13.8 Å². The lowest BCUT2D eigenvalue weighted by Gasteiger charge is -2.25. The summed E-state index contributed by atoms with van der Waals surface area (Å²) in [7, 11) is 7.46. The van der Waals surface area contributed by atoms with Gasteiger partial charge in [-0.05, 0) is 78.7 Å². The number of rotatable bonds is 14. The first-order valence-corrected chi connectivity index (χ1v) is 15.9. The number of hydrogen-bond donors (Lipinski definition) is 2. The fourth-order valence-electron chi connectivity index (χ4n) is 5.92. The van der Waals surface area contributed by atoms with Gasteiger partial charge in [0.25, 0.3) is 5.91 Å². The van der Waals surface area contributed by atoms with E-state index in [9.17, 15) is 14.4 Å². The molecule has 0 bridgehead atoms. The number of ether oxygens (including phenoxy) is 2. The molecule has 0 radical (unpaired) electrons. The molecule has 11 heteroatoms. The molecule has 11 nitrogen and oxygen atoms in total. The summed E-state index contributed by atoms with van der Waals surface area (Å²) in [5, 5.41) is 6.09. The second-order valence-corrected chi connectivity index (χ2v) is 13.6. The normalized spacial score (nSPS) is 16.3. The minimum atomic E-state index is -0.769. The molecule has 2 N–H and O–H groups in total. The van der Waals surface area contributed by atoms with E-state index in [0.717, 1.165) is 38.0 Å². The Balaban J connectivity index is 1.32. The first-order valence-electron chi connectivity index (χ1n) is 15.9. The topological polar surface area (TPSA) is 117 Å². The zero-order chi connectivity index (χ0) is 32.9. The van der Waals surface area contributed by atoms with E-state index in [1.165, 1.54) is 0 Å². The van der Waals surface area contributed by atoms with Crippen molar-refractivity contribution in [1.29, 1.82) is 0 Å². The summed E-state index contributed by atoms with van der Waals surface area (Å²) in [6.45, 7) is 10.2. The molecule has 45 heavy (non-hydrogen) atoms. The molecular weight excluding hydrogens is 572 g/mol. The van der Waals surface area contributed by atoms with E-state index < -0.39 is 10.8 Å². The number of fused-ring (bicyclic) bond motifs is 2. The van der Waals surface area contributed by atoms with Crippen molar-refractivity contribution in [2.24, 2.45) is 17.5 Å².